The van der Waals surface area contributed by atoms with Gasteiger partial charge in [0.15, 0.2) is 0 Å². The second-order valence-corrected chi connectivity index (χ2v) is 6.52. The number of nitrogens with two attached hydrogens (primary N) is 1. The minimum atomic E-state index is -3.85. The van der Waals surface area contributed by atoms with Gasteiger partial charge < -0.3 is 10.0 Å². The Hall–Kier alpha value is -1.45. The van der Waals surface area contributed by atoms with E-state index in [1.165, 1.54) is 5.38 Å². The van der Waals surface area contributed by atoms with Crippen LogP contribution in [0.1, 0.15) is 23.7 Å². The SMILES string of the molecule is CCCN(CC(=O)O)C(=O)c1csc(S(N)(=O)=O)c1. The van der Waals surface area contributed by atoms with Crippen LogP contribution in [-0.2, 0) is 14.8 Å². The van der Waals surface area contributed by atoms with Crippen LogP contribution in [0.2, 0.25) is 0 Å². The lowest BCUT2D eigenvalue weighted by Gasteiger charge is -2.19. The van der Waals surface area contributed by atoms with Gasteiger partial charge in [-0.25, -0.2) is 13.6 Å². The third-order valence-corrected chi connectivity index (χ3v) is 4.60. The van der Waals surface area contributed by atoms with E-state index in [0.717, 1.165) is 22.3 Å². The van der Waals surface area contributed by atoms with Crippen molar-refractivity contribution >= 4 is 33.2 Å². The Morgan fingerprint density at radius 2 is 2.11 bits per heavy atom. The molecule has 1 aromatic heterocycles. The number of carbonyl (C=O) groups is 2. The standard InChI is InChI=1S/C10H14N2O5S2/c1-2-3-12(5-8(13)14)10(15)7-4-9(18-6-7)19(11,16)17/h4,6H,2-3,5H2,1H3,(H,13,14)(H2,11,16,17). The van der Waals surface area contributed by atoms with Gasteiger partial charge in [0, 0.05) is 11.9 Å². The van der Waals surface area contributed by atoms with Crippen molar-refractivity contribution in [2.45, 2.75) is 17.6 Å². The Balaban J connectivity index is 2.97. The van der Waals surface area contributed by atoms with E-state index < -0.39 is 28.4 Å². The molecule has 3 N–H and O–H groups in total. The van der Waals surface area contributed by atoms with E-state index in [4.69, 9.17) is 10.2 Å². The third-order valence-electron chi connectivity index (χ3n) is 2.21. The lowest BCUT2D eigenvalue weighted by atomic mass is 10.2. The van der Waals surface area contributed by atoms with Crippen LogP contribution in [0.3, 0.4) is 0 Å². The maximum absolute atomic E-state index is 12.0. The summed E-state index contributed by atoms with van der Waals surface area (Å²) in [6.45, 7) is 1.67. The molecule has 0 unspecified atom stereocenters. The molecule has 1 heterocycles. The van der Waals surface area contributed by atoms with Crippen molar-refractivity contribution in [1.82, 2.24) is 4.90 Å². The van der Waals surface area contributed by atoms with E-state index in [-0.39, 0.29) is 16.3 Å². The predicted octanol–water partition coefficient (Wildman–Crippen LogP) is 0.332. The maximum atomic E-state index is 12.0. The average Bonchev–Trinajstić information content (AvgIpc) is 2.75. The summed E-state index contributed by atoms with van der Waals surface area (Å²) in [7, 11) is -3.85. The third kappa shape index (κ3) is 4.30. The van der Waals surface area contributed by atoms with E-state index in [0.29, 0.717) is 6.42 Å². The zero-order valence-electron chi connectivity index (χ0n) is 10.2. The number of carboxylic acids is 1. The highest BCUT2D eigenvalue weighted by Crippen LogP contribution is 2.20. The first-order valence-electron chi connectivity index (χ1n) is 5.38. The molecule has 0 bridgehead atoms. The van der Waals surface area contributed by atoms with Gasteiger partial charge in [-0.2, -0.15) is 0 Å². The quantitative estimate of drug-likeness (QED) is 0.785. The molecule has 7 nitrogen and oxygen atoms in total. The Morgan fingerprint density at radius 3 is 2.53 bits per heavy atom. The van der Waals surface area contributed by atoms with Gasteiger partial charge in [-0.05, 0) is 12.5 Å². The fraction of sp³-hybridized carbons (Fsp3) is 0.400. The van der Waals surface area contributed by atoms with Gasteiger partial charge >= 0.3 is 5.97 Å². The second kappa shape index (κ2) is 6.13. The van der Waals surface area contributed by atoms with Crippen molar-refractivity contribution in [1.29, 1.82) is 0 Å². The minimum Gasteiger partial charge on any atom is -0.480 e. The molecule has 1 amide bonds. The molecule has 0 aromatic carbocycles. The summed E-state index contributed by atoms with van der Waals surface area (Å²) in [6.07, 6.45) is 0.602. The predicted molar refractivity (Wildman–Crippen MR) is 69.5 cm³/mol. The molecule has 0 aliphatic carbocycles. The molecule has 0 aliphatic heterocycles. The van der Waals surface area contributed by atoms with E-state index >= 15 is 0 Å². The summed E-state index contributed by atoms with van der Waals surface area (Å²) in [4.78, 5) is 23.9. The first kappa shape index (κ1) is 15.6. The Labute approximate surface area is 114 Å². The number of carbonyl (C=O) groups excluding carboxylic acids is 1. The van der Waals surface area contributed by atoms with Gasteiger partial charge in [0.25, 0.3) is 5.91 Å². The molecule has 9 heteroatoms. The lowest BCUT2D eigenvalue weighted by molar-refractivity contribution is -0.137. The first-order chi connectivity index (χ1) is 8.75. The van der Waals surface area contributed by atoms with Crippen molar-refractivity contribution < 1.29 is 23.1 Å². The maximum Gasteiger partial charge on any atom is 0.323 e. The normalized spacial score (nSPS) is 11.3. The van der Waals surface area contributed by atoms with Crippen LogP contribution in [0.25, 0.3) is 0 Å². The molecule has 0 spiro atoms. The number of carboxylic acid groups (broad SMARTS) is 1. The molecule has 0 fully saturated rings. The summed E-state index contributed by atoms with van der Waals surface area (Å²) in [5.41, 5.74) is 0.128. The minimum absolute atomic E-state index is 0.123. The summed E-state index contributed by atoms with van der Waals surface area (Å²) in [5, 5.41) is 15.0. The number of sulfonamides is 1. The van der Waals surface area contributed by atoms with Crippen molar-refractivity contribution in [2.75, 3.05) is 13.1 Å². The topological polar surface area (TPSA) is 118 Å². The zero-order valence-corrected chi connectivity index (χ0v) is 11.8. The molecule has 0 saturated carbocycles. The molecule has 0 radical (unpaired) electrons. The van der Waals surface area contributed by atoms with Gasteiger partial charge in [0.2, 0.25) is 10.0 Å². The zero-order chi connectivity index (χ0) is 14.6. The summed E-state index contributed by atoms with van der Waals surface area (Å²) in [6, 6.07) is 1.16. The highest BCUT2D eigenvalue weighted by Gasteiger charge is 2.21. The average molecular weight is 306 g/mol. The molecule has 1 aromatic rings. The van der Waals surface area contributed by atoms with Gasteiger partial charge in [0.1, 0.15) is 10.8 Å². The van der Waals surface area contributed by atoms with Gasteiger partial charge in [-0.3, -0.25) is 9.59 Å². The number of nitrogens with zero attached hydrogens (tertiary/aromatic N) is 1. The molecule has 0 atom stereocenters. The summed E-state index contributed by atoms with van der Waals surface area (Å²) in [5.74, 6) is -1.64. The number of aliphatic carboxylic acids is 1. The van der Waals surface area contributed by atoms with E-state index in [1.54, 1.807) is 0 Å². The number of hydrogen-bond donors (Lipinski definition) is 2. The first-order valence-corrected chi connectivity index (χ1v) is 7.80. The highest BCUT2D eigenvalue weighted by atomic mass is 32.2. The fourth-order valence-electron chi connectivity index (χ4n) is 1.45. The smallest absolute Gasteiger partial charge is 0.323 e. The van der Waals surface area contributed by atoms with E-state index in [2.05, 4.69) is 0 Å². The van der Waals surface area contributed by atoms with Crippen LogP contribution >= 0.6 is 11.3 Å². The molecule has 0 saturated heterocycles. The Kier molecular flexibility index (Phi) is 5.04. The van der Waals surface area contributed by atoms with Gasteiger partial charge in [-0.1, -0.05) is 6.92 Å². The number of primary sulfonamides is 1. The Morgan fingerprint density at radius 1 is 1.47 bits per heavy atom. The van der Waals surface area contributed by atoms with Crippen molar-refractivity contribution in [2.24, 2.45) is 5.14 Å². The molecular weight excluding hydrogens is 292 g/mol. The number of amides is 1. The van der Waals surface area contributed by atoms with E-state index in [1.807, 2.05) is 6.92 Å². The van der Waals surface area contributed by atoms with Crippen LogP contribution in [-0.4, -0.2) is 43.4 Å². The molecule has 1 rings (SSSR count). The second-order valence-electron chi connectivity index (χ2n) is 3.82. The van der Waals surface area contributed by atoms with Crippen LogP contribution in [0.4, 0.5) is 0 Å². The monoisotopic (exact) mass is 306 g/mol. The highest BCUT2D eigenvalue weighted by molar-refractivity contribution is 7.91. The van der Waals surface area contributed by atoms with Crippen LogP contribution in [0, 0.1) is 0 Å². The van der Waals surface area contributed by atoms with E-state index in [9.17, 15) is 18.0 Å². The molecule has 0 aliphatic rings. The number of hydrogen-bond acceptors (Lipinski definition) is 5. The van der Waals surface area contributed by atoms with Gasteiger partial charge in [-0.15, -0.1) is 11.3 Å². The van der Waals surface area contributed by atoms with Crippen LogP contribution < -0.4 is 5.14 Å². The summed E-state index contributed by atoms with van der Waals surface area (Å²) >= 11 is 0.831. The lowest BCUT2D eigenvalue weighted by Crippen LogP contribution is -2.36. The fourth-order valence-corrected chi connectivity index (χ4v) is 3.03. The van der Waals surface area contributed by atoms with Crippen LogP contribution in [0.15, 0.2) is 15.7 Å². The molecule has 106 valence electrons. The van der Waals surface area contributed by atoms with Crippen LogP contribution in [0.5, 0.6) is 0 Å². The largest absolute Gasteiger partial charge is 0.480 e. The number of thiophene rings is 1. The van der Waals surface area contributed by atoms with Crippen molar-refractivity contribution in [3.8, 4) is 0 Å². The Bertz CT molecular complexity index is 578. The van der Waals surface area contributed by atoms with Crippen molar-refractivity contribution in [3.63, 3.8) is 0 Å². The molecular formula is C10H14N2O5S2. The van der Waals surface area contributed by atoms with Gasteiger partial charge in [0.05, 0.1) is 5.56 Å². The molecule has 19 heavy (non-hydrogen) atoms. The summed E-state index contributed by atoms with van der Waals surface area (Å²) < 4.78 is 22.1. The number of rotatable bonds is 6. The van der Waals surface area contributed by atoms with Crippen molar-refractivity contribution in [3.05, 3.63) is 17.0 Å².